The molecule has 5 fully saturated rings. The molecule has 53 heavy (non-hydrogen) atoms. The Bertz CT molecular complexity index is 1250. The maximum atomic E-state index is 14.7. The van der Waals surface area contributed by atoms with Crippen LogP contribution < -0.4 is 5.32 Å². The van der Waals surface area contributed by atoms with Gasteiger partial charge in [-0.3, -0.25) is 9.59 Å². The summed E-state index contributed by atoms with van der Waals surface area (Å²) in [5.74, 6) is 1.19. The molecule has 3 aliphatic heterocycles. The first-order valence-electron chi connectivity index (χ1n) is 21.0. The third-order valence-corrected chi connectivity index (χ3v) is 13.8. The number of esters is 1. The zero-order valence-corrected chi connectivity index (χ0v) is 33.7. The van der Waals surface area contributed by atoms with Crippen molar-refractivity contribution in [1.82, 2.24) is 5.32 Å². The Labute approximate surface area is 318 Å². The molecule has 11 heteroatoms. The van der Waals surface area contributed by atoms with E-state index in [1.807, 2.05) is 27.8 Å². The van der Waals surface area contributed by atoms with Gasteiger partial charge in [0.05, 0.1) is 30.8 Å². The number of nitrogens with one attached hydrogen (secondary N) is 1. The van der Waals surface area contributed by atoms with Crippen molar-refractivity contribution in [3.8, 4) is 0 Å². The fraction of sp³-hybridized carbons (Fsp3) is 0.905. The predicted molar refractivity (Wildman–Crippen MR) is 199 cm³/mol. The average Bonchev–Trinajstić information content (AvgIpc) is 3.72. The fourth-order valence-electron chi connectivity index (χ4n) is 11.0. The molecule has 2 saturated carbocycles. The predicted octanol–water partition coefficient (Wildman–Crippen LogP) is 6.01. The number of ketones is 1. The summed E-state index contributed by atoms with van der Waals surface area (Å²) >= 11 is 0. The first kappa shape index (κ1) is 41.2. The third kappa shape index (κ3) is 9.08. The van der Waals surface area contributed by atoms with Crippen molar-refractivity contribution in [3.05, 3.63) is 11.6 Å². The van der Waals surface area contributed by atoms with Crippen LogP contribution in [-0.4, -0.2) is 108 Å². The summed E-state index contributed by atoms with van der Waals surface area (Å²) in [5, 5.41) is 3.29. The topological polar surface area (TPSA) is 120 Å². The Hall–Kier alpha value is -1.44. The molecule has 11 nitrogen and oxygen atoms in total. The molecule has 0 bridgehead atoms. The Balaban J connectivity index is 1.19. The zero-order chi connectivity index (χ0) is 37.8. The summed E-state index contributed by atoms with van der Waals surface area (Å²) in [7, 11) is 5.34. The molecule has 6 aliphatic rings. The lowest BCUT2D eigenvalue weighted by atomic mass is 9.66. The first-order chi connectivity index (χ1) is 25.6. The molecule has 3 heterocycles. The lowest BCUT2D eigenvalue weighted by Crippen LogP contribution is -2.60. The molecular formula is C42H69NO10. The van der Waals surface area contributed by atoms with Crippen LogP contribution in [0.1, 0.15) is 105 Å². The van der Waals surface area contributed by atoms with Crippen LogP contribution in [0.4, 0.5) is 0 Å². The standard InChI is InChI=1S/C42H69NO10/c1-9-28-12-11-13-35(53-37-17-15-27(22-43-6)24(4)49-37)23(3)38(45)34-20-32-30(33(34)21-36(44)51-28)16-14-26-18-29(19-31(26)32)52-42-41(47-8)40(48-10-2)39(46-7)25(5)50-42/h20,23-33,35,37,39-43H,9-19,21-22H2,1-8H3/t23-,24?,25?,26-,27?,28+,29-,30-,31-,32-,33+,35+,37?,39?,40?,41?,42?/m1/s1. The van der Waals surface area contributed by atoms with E-state index in [1.165, 1.54) is 0 Å². The Morgan fingerprint density at radius 3 is 2.34 bits per heavy atom. The molecule has 0 radical (unpaired) electrons. The Morgan fingerprint density at radius 1 is 0.849 bits per heavy atom. The van der Waals surface area contributed by atoms with E-state index >= 15 is 0 Å². The third-order valence-electron chi connectivity index (χ3n) is 13.8. The van der Waals surface area contributed by atoms with Gasteiger partial charge >= 0.3 is 5.97 Å². The highest BCUT2D eigenvalue weighted by Gasteiger charge is 2.54. The van der Waals surface area contributed by atoms with Gasteiger partial charge in [0.2, 0.25) is 0 Å². The number of ether oxygens (including phenoxy) is 8. The van der Waals surface area contributed by atoms with E-state index in [0.717, 1.165) is 76.3 Å². The molecule has 0 aromatic heterocycles. The Morgan fingerprint density at radius 2 is 1.64 bits per heavy atom. The van der Waals surface area contributed by atoms with Gasteiger partial charge in [0.1, 0.15) is 24.4 Å². The van der Waals surface area contributed by atoms with Gasteiger partial charge in [-0.1, -0.05) is 19.9 Å². The molecule has 3 saturated heterocycles. The number of hydrogen-bond donors (Lipinski definition) is 1. The second-order valence-corrected chi connectivity index (χ2v) is 16.9. The van der Waals surface area contributed by atoms with Gasteiger partial charge < -0.3 is 43.2 Å². The van der Waals surface area contributed by atoms with Crippen LogP contribution in [0.3, 0.4) is 0 Å². The summed E-state index contributed by atoms with van der Waals surface area (Å²) in [4.78, 5) is 28.2. The molecule has 0 spiro atoms. The molecule has 1 N–H and O–H groups in total. The lowest BCUT2D eigenvalue weighted by molar-refractivity contribution is -0.317. The van der Waals surface area contributed by atoms with Crippen LogP contribution >= 0.6 is 0 Å². The molecule has 0 amide bonds. The van der Waals surface area contributed by atoms with Crippen LogP contribution in [0.15, 0.2) is 11.6 Å². The van der Waals surface area contributed by atoms with Gasteiger partial charge in [-0.25, -0.2) is 0 Å². The molecule has 3 aliphatic carbocycles. The monoisotopic (exact) mass is 747 g/mol. The van der Waals surface area contributed by atoms with Crippen molar-refractivity contribution in [2.75, 3.05) is 34.4 Å². The number of Topliss-reactive ketones (excluding diaryl/α,β-unsaturated/α-hetero) is 1. The molecule has 302 valence electrons. The molecule has 17 atom stereocenters. The zero-order valence-electron chi connectivity index (χ0n) is 33.7. The maximum Gasteiger partial charge on any atom is 0.306 e. The van der Waals surface area contributed by atoms with Gasteiger partial charge in [0.15, 0.2) is 18.4 Å². The number of cyclic esters (lactones) is 1. The fourth-order valence-corrected chi connectivity index (χ4v) is 11.0. The lowest BCUT2D eigenvalue weighted by Gasteiger charge is -2.44. The van der Waals surface area contributed by atoms with Crippen molar-refractivity contribution >= 4 is 11.8 Å². The average molecular weight is 748 g/mol. The minimum Gasteiger partial charge on any atom is -0.462 e. The molecule has 8 unspecified atom stereocenters. The van der Waals surface area contributed by atoms with Crippen molar-refractivity contribution in [1.29, 1.82) is 0 Å². The van der Waals surface area contributed by atoms with E-state index in [9.17, 15) is 9.59 Å². The largest absolute Gasteiger partial charge is 0.462 e. The van der Waals surface area contributed by atoms with Crippen LogP contribution in [0.25, 0.3) is 0 Å². The number of allylic oxidation sites excluding steroid dienone is 2. The number of rotatable bonds is 11. The van der Waals surface area contributed by atoms with Crippen molar-refractivity contribution in [2.45, 2.75) is 167 Å². The second-order valence-electron chi connectivity index (χ2n) is 16.9. The van der Waals surface area contributed by atoms with E-state index in [2.05, 4.69) is 25.2 Å². The van der Waals surface area contributed by atoms with E-state index in [4.69, 9.17) is 37.9 Å². The summed E-state index contributed by atoms with van der Waals surface area (Å²) < 4.78 is 50.2. The van der Waals surface area contributed by atoms with Crippen molar-refractivity contribution in [3.63, 3.8) is 0 Å². The highest BCUT2D eigenvalue weighted by molar-refractivity contribution is 5.99. The minimum absolute atomic E-state index is 0.00162. The number of methoxy groups -OCH3 is 2. The van der Waals surface area contributed by atoms with Crippen molar-refractivity contribution < 1.29 is 47.5 Å². The van der Waals surface area contributed by atoms with Gasteiger partial charge in [0.25, 0.3) is 0 Å². The maximum absolute atomic E-state index is 14.7. The SMILES string of the molecule is CCOC1C(OC)C(C)OC(O[C@@H]2C[C@H]3CC[C@@H]4[C@@H](C=C5C(=O)[C@H](C)[C@@H](OC6CCC(CNC)C(C)O6)CCC[C@H](CC)OC(=O)C[C@H]54)[C@@H]3C2)C1OC. The summed E-state index contributed by atoms with van der Waals surface area (Å²) in [6.45, 7) is 11.7. The quantitative estimate of drug-likeness (QED) is 0.251. The second kappa shape index (κ2) is 18.7. The number of fused-ring (bicyclic) bond motifs is 5. The van der Waals surface area contributed by atoms with Crippen LogP contribution in [0.5, 0.6) is 0 Å². The normalized spacial score (nSPS) is 45.3. The van der Waals surface area contributed by atoms with Gasteiger partial charge in [-0.2, -0.15) is 0 Å². The summed E-state index contributed by atoms with van der Waals surface area (Å²) in [6, 6.07) is 0. The van der Waals surface area contributed by atoms with Gasteiger partial charge in [-0.15, -0.1) is 0 Å². The van der Waals surface area contributed by atoms with Gasteiger partial charge in [0, 0.05) is 39.2 Å². The summed E-state index contributed by atoms with van der Waals surface area (Å²) in [6.07, 6.45) is 8.93. The van der Waals surface area contributed by atoms with E-state index < -0.39 is 12.4 Å². The van der Waals surface area contributed by atoms with Crippen molar-refractivity contribution in [2.24, 2.45) is 41.4 Å². The van der Waals surface area contributed by atoms with Crippen LogP contribution in [0, 0.1) is 41.4 Å². The molecule has 6 rings (SSSR count). The molecule has 0 aromatic rings. The number of carbonyl (C=O) groups excluding carboxylic acids is 2. The van der Waals surface area contributed by atoms with E-state index in [1.54, 1.807) is 14.2 Å². The van der Waals surface area contributed by atoms with Crippen LogP contribution in [-0.2, 0) is 47.5 Å². The first-order valence-corrected chi connectivity index (χ1v) is 21.0. The molecular weight excluding hydrogens is 678 g/mol. The minimum atomic E-state index is -0.568. The number of hydrogen-bond acceptors (Lipinski definition) is 11. The van der Waals surface area contributed by atoms with E-state index in [-0.39, 0.29) is 90.9 Å². The highest BCUT2D eigenvalue weighted by atomic mass is 16.7. The Kier molecular flexibility index (Phi) is 14.5. The summed E-state index contributed by atoms with van der Waals surface area (Å²) in [5.41, 5.74) is 0.817. The number of carbonyl (C=O) groups is 2. The van der Waals surface area contributed by atoms with Gasteiger partial charge in [-0.05, 0) is 127 Å². The smallest absolute Gasteiger partial charge is 0.306 e. The molecule has 0 aromatic carbocycles. The van der Waals surface area contributed by atoms with E-state index in [0.29, 0.717) is 24.4 Å². The van der Waals surface area contributed by atoms with Crippen LogP contribution in [0.2, 0.25) is 0 Å². The highest BCUT2D eigenvalue weighted by Crippen LogP contribution is 2.57.